The predicted molar refractivity (Wildman–Crippen MR) is 228 cm³/mol. The molecule has 1 aliphatic carbocycles. The van der Waals surface area contributed by atoms with E-state index in [1.54, 1.807) is 0 Å². The summed E-state index contributed by atoms with van der Waals surface area (Å²) < 4.78 is 29.2. The summed E-state index contributed by atoms with van der Waals surface area (Å²) >= 11 is 0. The lowest BCUT2D eigenvalue weighted by atomic mass is 9.70. The fraction of sp³-hybridized carbons (Fsp3) is 0.265. The highest BCUT2D eigenvalue weighted by Crippen LogP contribution is 2.58. The van der Waals surface area contributed by atoms with Gasteiger partial charge in [0.2, 0.25) is 0 Å². The Hall–Kier alpha value is -4.42. The zero-order valence-corrected chi connectivity index (χ0v) is 33.2. The van der Waals surface area contributed by atoms with Crippen LogP contribution in [0, 0.1) is 0 Å². The van der Waals surface area contributed by atoms with E-state index >= 15 is 4.57 Å². The lowest BCUT2D eigenvalue weighted by Crippen LogP contribution is -2.30. The molecule has 6 aromatic carbocycles. The van der Waals surface area contributed by atoms with Crippen molar-refractivity contribution in [3.8, 4) is 44.9 Å². The maximum Gasteiger partial charge on any atom is 0.307 e. The molecule has 0 amide bonds. The van der Waals surface area contributed by atoms with E-state index in [4.69, 9.17) is 9.05 Å². The van der Waals surface area contributed by atoms with Gasteiger partial charge in [0, 0.05) is 27.2 Å². The third-order valence-electron chi connectivity index (χ3n) is 11.9. The Bertz CT molecular complexity index is 2380. The monoisotopic (exact) mass is 746 g/mol. The van der Waals surface area contributed by atoms with Crippen molar-refractivity contribution >= 4 is 36.7 Å². The minimum absolute atomic E-state index is 0.201. The van der Waals surface area contributed by atoms with Gasteiger partial charge < -0.3 is 9.05 Å². The van der Waals surface area contributed by atoms with E-state index in [-0.39, 0.29) is 5.41 Å². The van der Waals surface area contributed by atoms with Crippen LogP contribution in [0.5, 0.6) is 11.5 Å². The van der Waals surface area contributed by atoms with Crippen molar-refractivity contribution in [1.82, 2.24) is 0 Å². The first-order valence-electron chi connectivity index (χ1n) is 20.0. The predicted octanol–water partition coefficient (Wildman–Crippen LogP) is 12.6. The molecule has 2 heterocycles. The molecule has 3 nitrogen and oxygen atoms in total. The molecule has 0 fully saturated rings. The summed E-state index contributed by atoms with van der Waals surface area (Å²) in [4.78, 5) is 0. The van der Waals surface area contributed by atoms with Crippen molar-refractivity contribution in [3.63, 3.8) is 0 Å². The van der Waals surface area contributed by atoms with Crippen molar-refractivity contribution in [3.05, 3.63) is 145 Å². The minimum atomic E-state index is -3.46. The topological polar surface area (TPSA) is 35.5 Å². The Morgan fingerprint density at radius 3 is 1.83 bits per heavy atom. The Kier molecular flexibility index (Phi) is 9.59. The quantitative estimate of drug-likeness (QED) is 0.0924. The second-order valence-corrected chi connectivity index (χ2v) is 19.3. The first-order valence-corrected chi connectivity index (χ1v) is 22.9. The maximum atomic E-state index is 15.5. The third-order valence-corrected chi connectivity index (χ3v) is 16.3. The number of benzene rings is 6. The molecule has 3 aliphatic rings. The lowest BCUT2D eigenvalue weighted by Gasteiger charge is -2.35. The van der Waals surface area contributed by atoms with Gasteiger partial charge in [0.1, 0.15) is 11.5 Å². The molecule has 0 bridgehead atoms. The fourth-order valence-corrected chi connectivity index (χ4v) is 13.5. The molecule has 2 atom stereocenters. The second kappa shape index (κ2) is 14.7. The Morgan fingerprint density at radius 2 is 1.11 bits per heavy atom. The number of rotatable bonds is 12. The Morgan fingerprint density at radius 1 is 0.537 bits per heavy atom. The molecule has 54 heavy (non-hydrogen) atoms. The SMILES string of the molecule is CCCCCCC1(CCCCCC)c2cc(P3Oc4ccccc4-c4ccccc43)ccc2-c2ccc(P3(=O)Oc4ccccc4-c4ccccc43)cc21. The van der Waals surface area contributed by atoms with Crippen LogP contribution < -0.4 is 30.3 Å². The lowest BCUT2D eigenvalue weighted by molar-refractivity contribution is 0.401. The molecule has 0 spiro atoms. The van der Waals surface area contributed by atoms with E-state index in [0.29, 0.717) is 5.75 Å². The summed E-state index contributed by atoms with van der Waals surface area (Å²) in [6.07, 6.45) is 11.7. The van der Waals surface area contributed by atoms with Crippen LogP contribution in [0.15, 0.2) is 133 Å². The van der Waals surface area contributed by atoms with Gasteiger partial charge in [-0.3, -0.25) is 4.57 Å². The molecule has 6 aromatic rings. The van der Waals surface area contributed by atoms with Crippen molar-refractivity contribution < 1.29 is 13.6 Å². The molecule has 9 rings (SSSR count). The standard InChI is InChI=1S/C49H48O3P2/c1-3-5-7-17-31-49(32-18-8-6-4-2)43-33-35(53-47-25-15-11-21-41(47)39-19-9-13-23-45(39)51-53)27-29-37(43)38-30-28-36(34-44(38)49)54(50)48-26-16-12-22-42(48)40-20-10-14-24-46(40)52-54/h9-16,19-30,33-34H,3-8,17-18,31-32H2,1-2H3. The number of hydrogen-bond donors (Lipinski definition) is 0. The van der Waals surface area contributed by atoms with Gasteiger partial charge in [-0.1, -0.05) is 162 Å². The van der Waals surface area contributed by atoms with Gasteiger partial charge in [-0.25, -0.2) is 0 Å². The van der Waals surface area contributed by atoms with E-state index in [0.717, 1.165) is 58.7 Å². The molecule has 0 aromatic heterocycles. The third kappa shape index (κ3) is 5.87. The average molecular weight is 747 g/mol. The van der Waals surface area contributed by atoms with Gasteiger partial charge in [0.05, 0.1) is 10.6 Å². The molecular weight excluding hydrogens is 698 g/mol. The van der Waals surface area contributed by atoms with Gasteiger partial charge in [-0.2, -0.15) is 0 Å². The van der Waals surface area contributed by atoms with Crippen LogP contribution in [0.1, 0.15) is 89.2 Å². The van der Waals surface area contributed by atoms with Crippen LogP contribution in [-0.2, 0) is 9.98 Å². The summed E-state index contributed by atoms with van der Waals surface area (Å²) in [5.74, 6) is 1.65. The van der Waals surface area contributed by atoms with E-state index in [2.05, 4.69) is 111 Å². The van der Waals surface area contributed by atoms with Crippen molar-refractivity contribution in [2.75, 3.05) is 0 Å². The molecule has 0 saturated heterocycles. The van der Waals surface area contributed by atoms with Crippen molar-refractivity contribution in [2.24, 2.45) is 0 Å². The number of hydrogen-bond acceptors (Lipinski definition) is 3. The van der Waals surface area contributed by atoms with Crippen molar-refractivity contribution in [1.29, 1.82) is 0 Å². The maximum absolute atomic E-state index is 15.5. The molecule has 5 heteroatoms. The summed E-state index contributed by atoms with van der Waals surface area (Å²) in [5.41, 5.74) is 9.53. The Balaban J connectivity index is 1.20. The van der Waals surface area contributed by atoms with E-state index in [1.165, 1.54) is 77.0 Å². The van der Waals surface area contributed by atoms with Crippen molar-refractivity contribution in [2.45, 2.75) is 83.5 Å². The zero-order valence-electron chi connectivity index (χ0n) is 31.4. The highest BCUT2D eigenvalue weighted by atomic mass is 31.2. The summed E-state index contributed by atoms with van der Waals surface area (Å²) in [5, 5.41) is 4.09. The Labute approximate surface area is 322 Å². The number of para-hydroxylation sites is 2. The van der Waals surface area contributed by atoms with Gasteiger partial charge in [0.25, 0.3) is 0 Å². The van der Waals surface area contributed by atoms with Gasteiger partial charge >= 0.3 is 7.37 Å². The highest BCUT2D eigenvalue weighted by molar-refractivity contribution is 7.75. The summed E-state index contributed by atoms with van der Waals surface area (Å²) in [7, 11) is -4.53. The van der Waals surface area contributed by atoms with E-state index in [1.807, 2.05) is 36.4 Å². The molecule has 0 radical (unpaired) electrons. The van der Waals surface area contributed by atoms with Gasteiger partial charge in [-0.15, -0.1) is 0 Å². The van der Waals surface area contributed by atoms with E-state index in [9.17, 15) is 0 Å². The van der Waals surface area contributed by atoms with Crippen LogP contribution in [0.3, 0.4) is 0 Å². The average Bonchev–Trinajstić information content (AvgIpc) is 3.49. The molecule has 2 aliphatic heterocycles. The van der Waals surface area contributed by atoms with Crippen LogP contribution in [-0.4, -0.2) is 0 Å². The second-order valence-electron chi connectivity index (χ2n) is 15.2. The van der Waals surface area contributed by atoms with Crippen LogP contribution >= 0.6 is 15.5 Å². The smallest absolute Gasteiger partial charge is 0.307 e. The summed E-state index contributed by atoms with van der Waals surface area (Å²) in [6.45, 7) is 4.58. The van der Waals surface area contributed by atoms with E-state index < -0.39 is 15.5 Å². The minimum Gasteiger partial charge on any atom is -0.464 e. The first-order chi connectivity index (χ1) is 26.6. The number of fused-ring (bicyclic) bond motifs is 9. The van der Waals surface area contributed by atoms with Crippen LogP contribution in [0.25, 0.3) is 33.4 Å². The normalized spacial score (nSPS) is 18.2. The first kappa shape index (κ1) is 35.3. The highest BCUT2D eigenvalue weighted by Gasteiger charge is 2.45. The van der Waals surface area contributed by atoms with Crippen LogP contribution in [0.4, 0.5) is 0 Å². The van der Waals surface area contributed by atoms with Gasteiger partial charge in [-0.05, 0) is 82.6 Å². The fourth-order valence-electron chi connectivity index (χ4n) is 9.24. The molecule has 272 valence electrons. The molecule has 2 unspecified atom stereocenters. The van der Waals surface area contributed by atoms with Crippen LogP contribution in [0.2, 0.25) is 0 Å². The summed E-state index contributed by atoms with van der Waals surface area (Å²) in [6, 6.07) is 47.2. The molecule has 0 N–H and O–H groups in total. The largest absolute Gasteiger partial charge is 0.464 e. The zero-order chi connectivity index (χ0) is 36.7. The number of unbranched alkanes of at least 4 members (excludes halogenated alkanes) is 6. The van der Waals surface area contributed by atoms with Gasteiger partial charge in [0.15, 0.2) is 8.15 Å². The molecular formula is C49H48O3P2. The molecule has 0 saturated carbocycles.